The Hall–Kier alpha value is -1.57. The van der Waals surface area contributed by atoms with E-state index >= 15 is 0 Å². The van der Waals surface area contributed by atoms with Crippen molar-refractivity contribution in [2.24, 2.45) is 0 Å². The van der Waals surface area contributed by atoms with Crippen LogP contribution in [-0.4, -0.2) is 4.98 Å². The molecule has 0 aliphatic heterocycles. The lowest BCUT2D eigenvalue weighted by Crippen LogP contribution is -1.90. The van der Waals surface area contributed by atoms with Gasteiger partial charge in [0.05, 0.1) is 10.5 Å². The number of nitrogens with zero attached hydrogens (tertiary/aromatic N) is 1. The van der Waals surface area contributed by atoms with Crippen LogP contribution in [0.15, 0.2) is 54.7 Å². The van der Waals surface area contributed by atoms with E-state index in [4.69, 9.17) is 23.2 Å². The Kier molecular flexibility index (Phi) is 3.41. The van der Waals surface area contributed by atoms with Gasteiger partial charge in [-0.15, -0.1) is 0 Å². The lowest BCUT2D eigenvalue weighted by atomic mass is 10.0. The van der Waals surface area contributed by atoms with Gasteiger partial charge in [-0.25, -0.2) is 0 Å². The van der Waals surface area contributed by atoms with Crippen molar-refractivity contribution in [3.05, 3.63) is 75.9 Å². The largest absolute Gasteiger partial charge is 0.254 e. The molecule has 0 unspecified atom stereocenters. The number of fused-ring (bicyclic) bond motifs is 1. The van der Waals surface area contributed by atoms with Crippen molar-refractivity contribution in [1.82, 2.24) is 4.98 Å². The van der Waals surface area contributed by atoms with Crippen LogP contribution in [0.5, 0.6) is 0 Å². The van der Waals surface area contributed by atoms with Crippen LogP contribution in [-0.2, 0) is 6.42 Å². The van der Waals surface area contributed by atoms with Crippen LogP contribution in [0, 0.1) is 0 Å². The predicted molar refractivity (Wildman–Crippen MR) is 81.0 cm³/mol. The highest BCUT2D eigenvalue weighted by Gasteiger charge is 2.03. The maximum absolute atomic E-state index is 6.11. The Morgan fingerprint density at radius 3 is 2.58 bits per heavy atom. The molecule has 0 bridgehead atoms. The number of pyridine rings is 1. The number of aromatic nitrogens is 1. The molecular formula is C16H11Cl2N. The number of para-hydroxylation sites is 1. The molecule has 1 nitrogen and oxygen atoms in total. The number of benzene rings is 2. The van der Waals surface area contributed by atoms with E-state index in [2.05, 4.69) is 17.1 Å². The molecule has 1 heterocycles. The highest BCUT2D eigenvalue weighted by molar-refractivity contribution is 6.35. The highest BCUT2D eigenvalue weighted by atomic mass is 35.5. The van der Waals surface area contributed by atoms with E-state index in [1.165, 1.54) is 5.56 Å². The zero-order valence-corrected chi connectivity index (χ0v) is 11.6. The minimum atomic E-state index is 0.687. The topological polar surface area (TPSA) is 12.9 Å². The summed E-state index contributed by atoms with van der Waals surface area (Å²) in [5.74, 6) is 0. The lowest BCUT2D eigenvalue weighted by molar-refractivity contribution is 1.17. The normalized spacial score (nSPS) is 10.8. The smallest absolute Gasteiger partial charge is 0.0888 e. The maximum Gasteiger partial charge on any atom is 0.0888 e. The average Bonchev–Trinajstić information content (AvgIpc) is 2.39. The van der Waals surface area contributed by atoms with Crippen molar-refractivity contribution >= 4 is 34.1 Å². The van der Waals surface area contributed by atoms with Crippen LogP contribution < -0.4 is 0 Å². The Bertz CT molecular complexity index is 738. The second-order valence-electron chi connectivity index (χ2n) is 4.46. The zero-order chi connectivity index (χ0) is 13.2. The monoisotopic (exact) mass is 287 g/mol. The molecule has 0 N–H and O–H groups in total. The van der Waals surface area contributed by atoms with E-state index in [9.17, 15) is 0 Å². The predicted octanol–water partition coefficient (Wildman–Crippen LogP) is 5.13. The third-order valence-electron chi connectivity index (χ3n) is 3.02. The quantitative estimate of drug-likeness (QED) is 0.636. The Balaban J connectivity index is 1.98. The van der Waals surface area contributed by atoms with E-state index < -0.39 is 0 Å². The fourth-order valence-electron chi connectivity index (χ4n) is 2.15. The molecule has 2 aromatic carbocycles. The minimum absolute atomic E-state index is 0.687. The second-order valence-corrected chi connectivity index (χ2v) is 5.31. The van der Waals surface area contributed by atoms with Crippen molar-refractivity contribution in [2.45, 2.75) is 6.42 Å². The van der Waals surface area contributed by atoms with Gasteiger partial charge in [0, 0.05) is 16.6 Å². The number of rotatable bonds is 2. The molecule has 1 aromatic heterocycles. The van der Waals surface area contributed by atoms with Crippen molar-refractivity contribution < 1.29 is 0 Å². The molecular weight excluding hydrogens is 277 g/mol. The van der Waals surface area contributed by atoms with Crippen molar-refractivity contribution in [2.75, 3.05) is 0 Å². The second kappa shape index (κ2) is 5.20. The summed E-state index contributed by atoms with van der Waals surface area (Å²) in [6.45, 7) is 0. The third-order valence-corrected chi connectivity index (χ3v) is 3.56. The van der Waals surface area contributed by atoms with Crippen LogP contribution in [0.3, 0.4) is 0 Å². The van der Waals surface area contributed by atoms with Crippen molar-refractivity contribution in [3.63, 3.8) is 0 Å². The van der Waals surface area contributed by atoms with Gasteiger partial charge in [-0.3, -0.25) is 4.98 Å². The van der Waals surface area contributed by atoms with Gasteiger partial charge in [-0.1, -0.05) is 47.5 Å². The first-order valence-electron chi connectivity index (χ1n) is 6.00. The van der Waals surface area contributed by atoms with E-state index in [1.54, 1.807) is 0 Å². The molecule has 0 amide bonds. The zero-order valence-electron chi connectivity index (χ0n) is 10.1. The van der Waals surface area contributed by atoms with Crippen LogP contribution in [0.25, 0.3) is 10.9 Å². The number of halogens is 2. The summed E-state index contributed by atoms with van der Waals surface area (Å²) >= 11 is 12.1. The molecule has 3 heteroatoms. The summed E-state index contributed by atoms with van der Waals surface area (Å²) in [4.78, 5) is 4.43. The van der Waals surface area contributed by atoms with Gasteiger partial charge in [0.2, 0.25) is 0 Å². The van der Waals surface area contributed by atoms with E-state index in [0.29, 0.717) is 5.02 Å². The molecule has 0 spiro atoms. The highest BCUT2D eigenvalue weighted by Crippen LogP contribution is 2.23. The average molecular weight is 288 g/mol. The molecule has 0 fully saturated rings. The summed E-state index contributed by atoms with van der Waals surface area (Å²) in [5.41, 5.74) is 3.17. The molecule has 0 saturated carbocycles. The maximum atomic E-state index is 6.11. The van der Waals surface area contributed by atoms with Gasteiger partial charge in [-0.2, -0.15) is 0 Å². The molecule has 94 valence electrons. The van der Waals surface area contributed by atoms with Gasteiger partial charge in [0.1, 0.15) is 0 Å². The molecule has 0 saturated heterocycles. The lowest BCUT2D eigenvalue weighted by Gasteiger charge is -2.05. The molecule has 3 aromatic rings. The summed E-state index contributed by atoms with van der Waals surface area (Å²) in [6, 6.07) is 15.8. The molecule has 0 radical (unpaired) electrons. The Morgan fingerprint density at radius 2 is 1.74 bits per heavy atom. The summed E-state index contributed by atoms with van der Waals surface area (Å²) in [5, 5.41) is 2.51. The Morgan fingerprint density at radius 1 is 0.895 bits per heavy atom. The van der Waals surface area contributed by atoms with Gasteiger partial charge in [0.25, 0.3) is 0 Å². The minimum Gasteiger partial charge on any atom is -0.254 e. The fraction of sp³-hybridized carbons (Fsp3) is 0.0625. The van der Waals surface area contributed by atoms with Gasteiger partial charge < -0.3 is 0 Å². The molecule has 3 rings (SSSR count). The standard InChI is InChI=1S/C16H11Cl2N/c17-14-5-1-3-11(9-14)7-12-8-13-4-2-6-15(18)16(13)19-10-12/h1-6,8-10H,7H2. The number of hydrogen-bond acceptors (Lipinski definition) is 1. The molecule has 0 atom stereocenters. The molecule has 0 aliphatic rings. The van der Waals surface area contributed by atoms with Gasteiger partial charge >= 0.3 is 0 Å². The van der Waals surface area contributed by atoms with Crippen LogP contribution in [0.2, 0.25) is 10.0 Å². The SMILES string of the molecule is Clc1cccc(Cc2cnc3c(Cl)cccc3c2)c1. The first kappa shape index (κ1) is 12.5. The first-order valence-corrected chi connectivity index (χ1v) is 6.75. The van der Waals surface area contributed by atoms with Crippen LogP contribution in [0.4, 0.5) is 0 Å². The van der Waals surface area contributed by atoms with Gasteiger partial charge in [0.15, 0.2) is 0 Å². The summed E-state index contributed by atoms with van der Waals surface area (Å²) in [7, 11) is 0. The Labute approximate surface area is 121 Å². The van der Waals surface area contributed by atoms with E-state index in [0.717, 1.165) is 27.9 Å². The molecule has 0 aliphatic carbocycles. The number of hydrogen-bond donors (Lipinski definition) is 0. The summed E-state index contributed by atoms with van der Waals surface area (Å²) in [6.07, 6.45) is 2.69. The van der Waals surface area contributed by atoms with Gasteiger partial charge in [-0.05, 0) is 41.8 Å². The van der Waals surface area contributed by atoms with E-state index in [1.807, 2.05) is 42.6 Å². The first-order chi connectivity index (χ1) is 9.22. The molecule has 19 heavy (non-hydrogen) atoms. The van der Waals surface area contributed by atoms with Crippen LogP contribution >= 0.6 is 23.2 Å². The van der Waals surface area contributed by atoms with Crippen molar-refractivity contribution in [3.8, 4) is 0 Å². The van der Waals surface area contributed by atoms with Crippen LogP contribution in [0.1, 0.15) is 11.1 Å². The summed E-state index contributed by atoms with van der Waals surface area (Å²) < 4.78 is 0. The van der Waals surface area contributed by atoms with Crippen molar-refractivity contribution in [1.29, 1.82) is 0 Å². The van der Waals surface area contributed by atoms with E-state index in [-0.39, 0.29) is 0 Å². The third kappa shape index (κ3) is 2.73. The fourth-order valence-corrected chi connectivity index (χ4v) is 2.59.